The molecular formula is C75H92N2O14Si. The molecule has 2 fully saturated rings. The highest BCUT2D eigenvalue weighted by atomic mass is 28.4. The Morgan fingerprint density at radius 1 is 0.359 bits per heavy atom. The number of amides is 2. The van der Waals surface area contributed by atoms with E-state index in [1.807, 2.05) is 248 Å². The Labute approximate surface area is 545 Å². The summed E-state index contributed by atoms with van der Waals surface area (Å²) >= 11 is 0. The van der Waals surface area contributed by atoms with Crippen LogP contribution in [-0.4, -0.2) is 123 Å². The van der Waals surface area contributed by atoms with Crippen LogP contribution in [0.3, 0.4) is 0 Å². The topological polar surface area (TPSA) is 151 Å². The third-order valence-electron chi connectivity index (χ3n) is 15.4. The van der Waals surface area contributed by atoms with Crippen molar-refractivity contribution in [2.45, 2.75) is 180 Å². The molecule has 7 aromatic carbocycles. The molecule has 92 heavy (non-hydrogen) atoms. The monoisotopic (exact) mass is 1270 g/mol. The van der Waals surface area contributed by atoms with Crippen LogP contribution in [0.2, 0.25) is 19.6 Å². The summed E-state index contributed by atoms with van der Waals surface area (Å²) in [4.78, 5) is 34.9. The quantitative estimate of drug-likeness (QED) is 0.0428. The van der Waals surface area contributed by atoms with Gasteiger partial charge in [0, 0.05) is 0 Å². The van der Waals surface area contributed by atoms with E-state index >= 15 is 9.59 Å². The van der Waals surface area contributed by atoms with Crippen molar-refractivity contribution >= 4 is 20.5 Å². The Hall–Kier alpha value is -7.26. The van der Waals surface area contributed by atoms with Gasteiger partial charge in [-0.3, -0.25) is 9.80 Å². The number of likely N-dealkylation sites (tertiary alicyclic amines) is 2. The lowest BCUT2D eigenvalue weighted by Crippen LogP contribution is -2.74. The molecule has 0 radical (unpaired) electrons. The molecule has 2 heterocycles. The van der Waals surface area contributed by atoms with Crippen molar-refractivity contribution in [2.75, 3.05) is 20.3 Å². The molecule has 16 nitrogen and oxygen atoms in total. The molecule has 0 bridgehead atoms. The van der Waals surface area contributed by atoms with Crippen molar-refractivity contribution in [1.29, 1.82) is 0 Å². The van der Waals surface area contributed by atoms with E-state index in [9.17, 15) is 0 Å². The van der Waals surface area contributed by atoms with Gasteiger partial charge in [0.15, 0.2) is 20.8 Å². The number of hydrogen-bond donors (Lipinski definition) is 0. The van der Waals surface area contributed by atoms with Crippen LogP contribution in [0.1, 0.15) is 80.5 Å². The zero-order valence-corrected chi connectivity index (χ0v) is 55.9. The fourth-order valence-electron chi connectivity index (χ4n) is 11.2. The van der Waals surface area contributed by atoms with Crippen molar-refractivity contribution in [3.63, 3.8) is 0 Å². The lowest BCUT2D eigenvalue weighted by molar-refractivity contribution is -0.284. The van der Waals surface area contributed by atoms with Crippen molar-refractivity contribution < 1.29 is 66.1 Å². The lowest BCUT2D eigenvalue weighted by Gasteiger charge is -2.55. The first kappa shape index (κ1) is 69.1. The van der Waals surface area contributed by atoms with Crippen LogP contribution in [0.25, 0.3) is 0 Å². The van der Waals surface area contributed by atoms with Gasteiger partial charge in [0.05, 0.1) is 78.7 Å². The van der Waals surface area contributed by atoms with Gasteiger partial charge in [-0.1, -0.05) is 194 Å². The molecule has 0 spiro atoms. The summed E-state index contributed by atoms with van der Waals surface area (Å²) in [6.45, 7) is 17.6. The number of piperidine rings is 2. The van der Waals surface area contributed by atoms with E-state index in [0.717, 1.165) is 38.9 Å². The summed E-state index contributed by atoms with van der Waals surface area (Å²) in [5, 5.41) is 0. The number of ether oxygens (including phenoxy) is 11. The molecule has 7 aromatic rings. The van der Waals surface area contributed by atoms with E-state index in [4.69, 9.17) is 56.5 Å². The smallest absolute Gasteiger partial charge is 0.412 e. The predicted molar refractivity (Wildman–Crippen MR) is 354 cm³/mol. The molecule has 0 saturated carbocycles. The number of carbonyl (C=O) groups excluding carboxylic acids is 2. The van der Waals surface area contributed by atoms with Gasteiger partial charge in [0.25, 0.3) is 0 Å². The molecular weight excluding hydrogens is 1180 g/mol. The van der Waals surface area contributed by atoms with Gasteiger partial charge >= 0.3 is 12.2 Å². The molecule has 490 valence electrons. The second-order valence-corrected chi connectivity index (χ2v) is 30.6. The second kappa shape index (κ2) is 33.0. The molecule has 1 unspecified atom stereocenters. The molecule has 9 rings (SSSR count). The van der Waals surface area contributed by atoms with E-state index in [2.05, 4.69) is 19.6 Å². The molecule has 0 aliphatic carbocycles. The fraction of sp³-hybridized carbons (Fsp3) is 0.413. The fourth-order valence-corrected chi connectivity index (χ4v) is 12.2. The van der Waals surface area contributed by atoms with Crippen LogP contribution in [0.4, 0.5) is 9.59 Å². The summed E-state index contributed by atoms with van der Waals surface area (Å²) in [5.74, 6) is 0.699. The third kappa shape index (κ3) is 20.4. The van der Waals surface area contributed by atoms with Crippen LogP contribution in [0, 0.1) is 0 Å². The first-order valence-electron chi connectivity index (χ1n) is 31.7. The maximum absolute atomic E-state index is 15.9. The van der Waals surface area contributed by atoms with Crippen molar-refractivity contribution in [1.82, 2.24) is 9.80 Å². The maximum atomic E-state index is 15.9. The SMILES string of the molecule is COc1ccc(COC[C@@H]2[C@@H](OCc3ccccc3)[C@H](OCc3ccccc3)[C@@H](OCc3ccccc3)[C@@H](OC[C@@H]3[C@@H](OCc4ccccc4)[C@H](OCc4ccccc4)[C@@H](OCc4ccccc4)C(O[Si](C)(C)C)N3C(=O)OC(C)(C)C)N2C(=O)OC(C)(C)C)cc1. The van der Waals surface area contributed by atoms with Crippen LogP contribution >= 0.6 is 0 Å². The summed E-state index contributed by atoms with van der Waals surface area (Å²) in [5.41, 5.74) is 4.18. The second-order valence-electron chi connectivity index (χ2n) is 26.2. The number of nitrogens with zero attached hydrogens (tertiary/aromatic N) is 2. The molecule has 0 aromatic heterocycles. The van der Waals surface area contributed by atoms with Gasteiger partial charge in [0.1, 0.15) is 53.6 Å². The zero-order chi connectivity index (χ0) is 65.1. The van der Waals surface area contributed by atoms with E-state index in [1.165, 1.54) is 0 Å². The normalized spacial score (nSPS) is 22.0. The third-order valence-corrected chi connectivity index (χ3v) is 16.4. The molecule has 17 heteroatoms. The molecule has 2 aliphatic heterocycles. The van der Waals surface area contributed by atoms with Crippen LogP contribution in [0.15, 0.2) is 206 Å². The van der Waals surface area contributed by atoms with Crippen LogP contribution in [0.5, 0.6) is 5.75 Å². The molecule has 2 aliphatic rings. The summed E-state index contributed by atoms with van der Waals surface area (Å²) in [6.07, 6.45) is -9.94. The number of benzene rings is 7. The Balaban J connectivity index is 1.24. The first-order valence-corrected chi connectivity index (χ1v) is 35.2. The molecule has 10 atom stereocenters. The zero-order valence-electron chi connectivity index (χ0n) is 54.9. The lowest BCUT2D eigenvalue weighted by atomic mass is 9.90. The van der Waals surface area contributed by atoms with E-state index in [-0.39, 0.29) is 59.5 Å². The van der Waals surface area contributed by atoms with E-state index in [1.54, 1.807) is 16.9 Å². The molecule has 2 amide bonds. The number of carbonyl (C=O) groups is 2. The van der Waals surface area contributed by atoms with Gasteiger partial charge in [-0.25, -0.2) is 9.59 Å². The Bertz CT molecular complexity index is 3280. The van der Waals surface area contributed by atoms with Gasteiger partial charge < -0.3 is 56.5 Å². The van der Waals surface area contributed by atoms with E-state index in [0.29, 0.717) is 5.75 Å². The number of hydrogen-bond acceptors (Lipinski definition) is 14. The minimum absolute atomic E-state index is 0.0704. The highest BCUT2D eigenvalue weighted by Crippen LogP contribution is 2.40. The summed E-state index contributed by atoms with van der Waals surface area (Å²) in [6, 6.07) is 64.6. The Morgan fingerprint density at radius 2 is 0.652 bits per heavy atom. The summed E-state index contributed by atoms with van der Waals surface area (Å²) < 4.78 is 83.7. The average molecular weight is 1270 g/mol. The van der Waals surface area contributed by atoms with Crippen molar-refractivity contribution in [3.8, 4) is 5.75 Å². The number of methoxy groups -OCH3 is 1. The Kier molecular flexibility index (Phi) is 24.8. The van der Waals surface area contributed by atoms with Gasteiger partial charge in [0.2, 0.25) is 0 Å². The predicted octanol–water partition coefficient (Wildman–Crippen LogP) is 14.5. The first-order chi connectivity index (χ1) is 44.3. The minimum atomic E-state index is -2.68. The van der Waals surface area contributed by atoms with Crippen molar-refractivity contribution in [2.24, 2.45) is 0 Å². The van der Waals surface area contributed by atoms with Gasteiger partial charge in [-0.15, -0.1) is 0 Å². The standard InChI is InChI=1S/C75H92N2O14Si/c1-74(2,3)89-72(78)76-62(52-81-45-60-41-43-61(80-7)44-42-60)64(82-46-54-29-17-11-18-30-54)66(84-48-56-33-21-13-22-34-56)68(86-50-58-37-25-15-26-38-58)70(76)88-53-63-65(83-47-55-31-19-12-20-32-55)67(85-49-57-35-23-14-24-36-57)69(87-51-59-39-27-16-28-40-59)71(91-92(8,9)10)77(63)73(79)90-75(4,5)6/h11-44,62-71H,45-53H2,1-10H3/t62-,63-,64-,65-,66+,67+,68-,69-,70-,71?/m1/s1. The Morgan fingerprint density at radius 3 is 0.978 bits per heavy atom. The van der Waals surface area contributed by atoms with Crippen LogP contribution in [-0.2, 0) is 98.0 Å². The van der Waals surface area contributed by atoms with Gasteiger partial charge in [-0.2, -0.15) is 0 Å². The minimum Gasteiger partial charge on any atom is -0.497 e. The largest absolute Gasteiger partial charge is 0.497 e. The van der Waals surface area contributed by atoms with Crippen molar-refractivity contribution in [3.05, 3.63) is 245 Å². The van der Waals surface area contributed by atoms with Gasteiger partial charge in [-0.05, 0) is 112 Å². The maximum Gasteiger partial charge on any atom is 0.412 e. The molecule has 2 saturated heterocycles. The molecule has 0 N–H and O–H groups in total. The average Bonchev–Trinajstić information content (AvgIpc) is 0.758. The number of rotatable bonds is 28. The van der Waals surface area contributed by atoms with Crippen LogP contribution < -0.4 is 4.74 Å². The highest BCUT2D eigenvalue weighted by molar-refractivity contribution is 6.69. The summed E-state index contributed by atoms with van der Waals surface area (Å²) in [7, 11) is -1.06. The highest BCUT2D eigenvalue weighted by Gasteiger charge is 2.59. The van der Waals surface area contributed by atoms with E-state index < -0.39 is 92.9 Å².